The maximum atomic E-state index is 10.6. The molecule has 0 unspecified atom stereocenters. The van der Waals surface area contributed by atoms with Gasteiger partial charge in [0.2, 0.25) is 0 Å². The molecule has 5 nitrogen and oxygen atoms in total. The first-order valence-corrected chi connectivity index (χ1v) is 5.58. The van der Waals surface area contributed by atoms with Crippen molar-refractivity contribution in [3.63, 3.8) is 0 Å². The Balaban J connectivity index is 2.24. The molecule has 0 aliphatic rings. The summed E-state index contributed by atoms with van der Waals surface area (Å²) in [6, 6.07) is 8.63. The molecule has 0 N–H and O–H groups in total. The first kappa shape index (κ1) is 12.9. The number of carbonyl (C=O) groups is 1. The van der Waals surface area contributed by atoms with Gasteiger partial charge in [0.05, 0.1) is 20.4 Å². The van der Waals surface area contributed by atoms with Crippen LogP contribution in [0.4, 0.5) is 0 Å². The SMILES string of the molecule is COc1ccc(Oc2cnc(C=O)cc2OC)cc1. The molecule has 5 heteroatoms. The third-order valence-electron chi connectivity index (χ3n) is 2.48. The van der Waals surface area contributed by atoms with Crippen molar-refractivity contribution in [2.24, 2.45) is 0 Å². The smallest absolute Gasteiger partial charge is 0.187 e. The van der Waals surface area contributed by atoms with E-state index in [0.717, 1.165) is 5.75 Å². The van der Waals surface area contributed by atoms with Gasteiger partial charge in [-0.15, -0.1) is 0 Å². The molecule has 0 fully saturated rings. The van der Waals surface area contributed by atoms with E-state index in [0.29, 0.717) is 29.2 Å². The predicted octanol–water partition coefficient (Wildman–Crippen LogP) is 2.70. The molecule has 2 rings (SSSR count). The number of hydrogen-bond acceptors (Lipinski definition) is 5. The molecule has 0 saturated carbocycles. The van der Waals surface area contributed by atoms with E-state index in [1.54, 1.807) is 31.4 Å². The second-order valence-corrected chi connectivity index (χ2v) is 3.66. The Bertz CT molecular complexity index is 566. The molecule has 1 aromatic heterocycles. The summed E-state index contributed by atoms with van der Waals surface area (Å²) in [7, 11) is 3.10. The van der Waals surface area contributed by atoms with Gasteiger partial charge in [0, 0.05) is 6.07 Å². The maximum Gasteiger partial charge on any atom is 0.187 e. The minimum atomic E-state index is 0.291. The lowest BCUT2D eigenvalue weighted by molar-refractivity contribution is 0.111. The zero-order chi connectivity index (χ0) is 13.7. The third-order valence-corrected chi connectivity index (χ3v) is 2.48. The molecule has 0 aliphatic heterocycles. The van der Waals surface area contributed by atoms with Gasteiger partial charge in [0.25, 0.3) is 0 Å². The molecule has 0 saturated heterocycles. The normalized spacial score (nSPS) is 9.79. The highest BCUT2D eigenvalue weighted by Gasteiger charge is 2.08. The minimum Gasteiger partial charge on any atom is -0.497 e. The van der Waals surface area contributed by atoms with Gasteiger partial charge in [-0.2, -0.15) is 0 Å². The van der Waals surface area contributed by atoms with E-state index in [9.17, 15) is 4.79 Å². The quantitative estimate of drug-likeness (QED) is 0.773. The number of carbonyl (C=O) groups excluding carboxylic acids is 1. The molecule has 0 amide bonds. The molecule has 0 spiro atoms. The molecule has 19 heavy (non-hydrogen) atoms. The molecule has 98 valence electrons. The summed E-state index contributed by atoms with van der Waals surface area (Å²) in [6.45, 7) is 0. The van der Waals surface area contributed by atoms with E-state index in [-0.39, 0.29) is 0 Å². The van der Waals surface area contributed by atoms with Crippen LogP contribution in [0.3, 0.4) is 0 Å². The van der Waals surface area contributed by atoms with Crippen LogP contribution in [0, 0.1) is 0 Å². The fraction of sp³-hybridized carbons (Fsp3) is 0.143. The Kier molecular flexibility index (Phi) is 3.97. The van der Waals surface area contributed by atoms with Crippen LogP contribution in [-0.4, -0.2) is 25.5 Å². The Morgan fingerprint density at radius 3 is 2.26 bits per heavy atom. The lowest BCUT2D eigenvalue weighted by atomic mass is 10.3. The summed E-state index contributed by atoms with van der Waals surface area (Å²) in [4.78, 5) is 14.6. The molecular weight excluding hydrogens is 246 g/mol. The first-order valence-electron chi connectivity index (χ1n) is 5.58. The van der Waals surface area contributed by atoms with Crippen LogP contribution in [0.25, 0.3) is 0 Å². The molecule has 0 atom stereocenters. The fourth-order valence-corrected chi connectivity index (χ4v) is 1.51. The number of nitrogens with zero attached hydrogens (tertiary/aromatic N) is 1. The molecule has 0 aliphatic carbocycles. The number of methoxy groups -OCH3 is 2. The van der Waals surface area contributed by atoms with E-state index in [1.807, 2.05) is 0 Å². The highest BCUT2D eigenvalue weighted by atomic mass is 16.5. The van der Waals surface area contributed by atoms with Crippen LogP contribution in [0.1, 0.15) is 10.5 Å². The predicted molar refractivity (Wildman–Crippen MR) is 69.2 cm³/mol. The topological polar surface area (TPSA) is 57.7 Å². The van der Waals surface area contributed by atoms with Crippen molar-refractivity contribution in [2.45, 2.75) is 0 Å². The maximum absolute atomic E-state index is 10.6. The summed E-state index contributed by atoms with van der Waals surface area (Å²) < 4.78 is 15.9. The number of aromatic nitrogens is 1. The van der Waals surface area contributed by atoms with Gasteiger partial charge in [0.15, 0.2) is 17.8 Å². The van der Waals surface area contributed by atoms with Gasteiger partial charge in [0.1, 0.15) is 17.2 Å². The second-order valence-electron chi connectivity index (χ2n) is 3.66. The molecule has 0 bridgehead atoms. The fourth-order valence-electron chi connectivity index (χ4n) is 1.51. The van der Waals surface area contributed by atoms with Crippen LogP contribution in [0.15, 0.2) is 36.5 Å². The number of benzene rings is 1. The monoisotopic (exact) mass is 259 g/mol. The summed E-state index contributed by atoms with van der Waals surface area (Å²) in [5, 5.41) is 0. The van der Waals surface area contributed by atoms with Gasteiger partial charge in [-0.05, 0) is 24.3 Å². The van der Waals surface area contributed by atoms with E-state index >= 15 is 0 Å². The van der Waals surface area contributed by atoms with Crippen molar-refractivity contribution < 1.29 is 19.0 Å². The van der Waals surface area contributed by atoms with Crippen molar-refractivity contribution in [1.82, 2.24) is 4.98 Å². The van der Waals surface area contributed by atoms with Gasteiger partial charge in [-0.25, -0.2) is 4.98 Å². The molecule has 0 radical (unpaired) electrons. The van der Waals surface area contributed by atoms with Crippen LogP contribution in [0.5, 0.6) is 23.0 Å². The largest absolute Gasteiger partial charge is 0.497 e. The summed E-state index contributed by atoms with van der Waals surface area (Å²) in [5.41, 5.74) is 0.291. The average Bonchev–Trinajstić information content (AvgIpc) is 2.48. The minimum absolute atomic E-state index is 0.291. The highest BCUT2D eigenvalue weighted by molar-refractivity contribution is 5.73. The second kappa shape index (κ2) is 5.86. The number of ether oxygens (including phenoxy) is 3. The van der Waals surface area contributed by atoms with Crippen molar-refractivity contribution in [3.05, 3.63) is 42.2 Å². The average molecular weight is 259 g/mol. The highest BCUT2D eigenvalue weighted by Crippen LogP contribution is 2.31. The number of aldehydes is 1. The zero-order valence-corrected chi connectivity index (χ0v) is 10.6. The molecule has 2 aromatic rings. The zero-order valence-electron chi connectivity index (χ0n) is 10.6. The third kappa shape index (κ3) is 3.01. The number of rotatable bonds is 5. The van der Waals surface area contributed by atoms with E-state index in [2.05, 4.69) is 4.98 Å². The first-order chi connectivity index (χ1) is 9.26. The number of hydrogen-bond donors (Lipinski definition) is 0. The van der Waals surface area contributed by atoms with Crippen molar-refractivity contribution >= 4 is 6.29 Å². The van der Waals surface area contributed by atoms with Crippen LogP contribution >= 0.6 is 0 Å². The van der Waals surface area contributed by atoms with Crippen molar-refractivity contribution in [1.29, 1.82) is 0 Å². The Morgan fingerprint density at radius 2 is 1.68 bits per heavy atom. The van der Waals surface area contributed by atoms with Crippen LogP contribution < -0.4 is 14.2 Å². The summed E-state index contributed by atoms with van der Waals surface area (Å²) in [5.74, 6) is 2.26. The van der Waals surface area contributed by atoms with Crippen molar-refractivity contribution in [3.8, 4) is 23.0 Å². The van der Waals surface area contributed by atoms with Crippen LogP contribution in [-0.2, 0) is 0 Å². The standard InChI is InChI=1S/C14H13NO4/c1-17-11-3-5-12(6-4-11)19-14-8-15-10(9-16)7-13(14)18-2/h3-9H,1-2H3. The molecule has 1 aromatic carbocycles. The molecule has 1 heterocycles. The lowest BCUT2D eigenvalue weighted by Gasteiger charge is -2.10. The van der Waals surface area contributed by atoms with E-state index < -0.39 is 0 Å². The summed E-state index contributed by atoms with van der Waals surface area (Å²) in [6.07, 6.45) is 2.10. The Hall–Kier alpha value is -2.56. The van der Waals surface area contributed by atoms with Gasteiger partial charge in [-0.3, -0.25) is 4.79 Å². The van der Waals surface area contributed by atoms with E-state index in [1.165, 1.54) is 19.4 Å². The van der Waals surface area contributed by atoms with Crippen molar-refractivity contribution in [2.75, 3.05) is 14.2 Å². The van der Waals surface area contributed by atoms with Gasteiger partial charge < -0.3 is 14.2 Å². The lowest BCUT2D eigenvalue weighted by Crippen LogP contribution is -1.94. The van der Waals surface area contributed by atoms with Gasteiger partial charge in [-0.1, -0.05) is 0 Å². The van der Waals surface area contributed by atoms with Crippen LogP contribution in [0.2, 0.25) is 0 Å². The Morgan fingerprint density at radius 1 is 1.00 bits per heavy atom. The molecular formula is C14H13NO4. The van der Waals surface area contributed by atoms with E-state index in [4.69, 9.17) is 14.2 Å². The summed E-state index contributed by atoms with van der Waals surface area (Å²) >= 11 is 0. The number of pyridine rings is 1. The van der Waals surface area contributed by atoms with Gasteiger partial charge >= 0.3 is 0 Å². The Labute approximate surface area is 110 Å².